The smallest absolute Gasteiger partial charge is 0.228 e. The lowest BCUT2D eigenvalue weighted by atomic mass is 10.2. The van der Waals surface area contributed by atoms with Gasteiger partial charge in [-0.1, -0.05) is 23.2 Å². The zero-order chi connectivity index (χ0) is 19.5. The molecule has 0 bridgehead atoms. The number of hydrogen-bond donors (Lipinski definition) is 0. The molecule has 0 radical (unpaired) electrons. The van der Waals surface area contributed by atoms with Gasteiger partial charge >= 0.3 is 0 Å². The topological polar surface area (TPSA) is 49.6 Å². The van der Waals surface area contributed by atoms with E-state index in [-0.39, 0.29) is 5.91 Å². The van der Waals surface area contributed by atoms with Crippen LogP contribution in [0.5, 0.6) is 0 Å². The van der Waals surface area contributed by atoms with Crippen LogP contribution in [0.4, 0.5) is 0 Å². The second kappa shape index (κ2) is 8.66. The van der Waals surface area contributed by atoms with Gasteiger partial charge in [0, 0.05) is 42.1 Å². The maximum atomic E-state index is 12.7. The number of carbonyl (C=O) groups excluding carboxylic acids is 1. The van der Waals surface area contributed by atoms with Gasteiger partial charge in [0.1, 0.15) is 10.8 Å². The first-order valence-electron chi connectivity index (χ1n) is 9.01. The van der Waals surface area contributed by atoms with E-state index in [0.717, 1.165) is 54.7 Å². The first-order chi connectivity index (χ1) is 13.6. The van der Waals surface area contributed by atoms with Crippen molar-refractivity contribution in [2.75, 3.05) is 26.2 Å². The Kier molecular flexibility index (Phi) is 6.01. The number of hydrogen-bond acceptors (Lipinski definition) is 5. The van der Waals surface area contributed by atoms with Crippen LogP contribution in [0.25, 0.3) is 10.6 Å². The van der Waals surface area contributed by atoms with Crippen LogP contribution in [0, 0.1) is 0 Å². The van der Waals surface area contributed by atoms with Crippen molar-refractivity contribution in [3.05, 3.63) is 63.5 Å². The minimum atomic E-state index is 0.108. The van der Waals surface area contributed by atoms with Gasteiger partial charge in [0.05, 0.1) is 29.9 Å². The summed E-state index contributed by atoms with van der Waals surface area (Å²) in [6.45, 7) is 3.91. The van der Waals surface area contributed by atoms with Crippen LogP contribution in [0.2, 0.25) is 10.0 Å². The minimum Gasteiger partial charge on any atom is -0.468 e. The van der Waals surface area contributed by atoms with Crippen molar-refractivity contribution in [3.63, 3.8) is 0 Å². The van der Waals surface area contributed by atoms with Gasteiger partial charge in [0.25, 0.3) is 0 Å². The Balaban J connectivity index is 1.33. The second-order valence-corrected chi connectivity index (χ2v) is 8.38. The molecule has 1 aliphatic rings. The third-order valence-electron chi connectivity index (χ3n) is 4.73. The standard InChI is InChI=1S/C20H19Cl2N3O2S/c21-14-3-4-17(18(22)10-14)20-23-15(13-28-20)11-19(26)25-7-5-24(6-8-25)12-16-2-1-9-27-16/h1-4,9-10,13H,5-8,11-12H2. The first-order valence-corrected chi connectivity index (χ1v) is 10.6. The third kappa shape index (κ3) is 4.58. The molecule has 0 atom stereocenters. The molecular weight excluding hydrogens is 417 g/mol. The van der Waals surface area contributed by atoms with Gasteiger partial charge in [0.15, 0.2) is 0 Å². The van der Waals surface area contributed by atoms with E-state index in [1.165, 1.54) is 11.3 Å². The number of amides is 1. The summed E-state index contributed by atoms with van der Waals surface area (Å²) in [5, 5.41) is 3.87. The number of carbonyl (C=O) groups is 1. The van der Waals surface area contributed by atoms with Gasteiger partial charge < -0.3 is 9.32 Å². The van der Waals surface area contributed by atoms with Gasteiger partial charge in [-0.25, -0.2) is 4.98 Å². The van der Waals surface area contributed by atoms with E-state index >= 15 is 0 Å². The van der Waals surface area contributed by atoms with Crippen molar-refractivity contribution in [3.8, 4) is 10.6 Å². The van der Waals surface area contributed by atoms with Gasteiger partial charge in [-0.3, -0.25) is 9.69 Å². The van der Waals surface area contributed by atoms with Crippen LogP contribution in [0.15, 0.2) is 46.4 Å². The molecule has 1 aromatic carbocycles. The minimum absolute atomic E-state index is 0.108. The highest BCUT2D eigenvalue weighted by molar-refractivity contribution is 7.13. The molecule has 0 aliphatic carbocycles. The number of benzene rings is 1. The predicted molar refractivity (Wildman–Crippen MR) is 112 cm³/mol. The molecule has 0 unspecified atom stereocenters. The van der Waals surface area contributed by atoms with Crippen LogP contribution in [-0.2, 0) is 17.8 Å². The van der Waals surface area contributed by atoms with E-state index in [1.54, 1.807) is 18.4 Å². The van der Waals surface area contributed by atoms with E-state index in [1.807, 2.05) is 28.5 Å². The van der Waals surface area contributed by atoms with Crippen LogP contribution in [0.1, 0.15) is 11.5 Å². The Hall–Kier alpha value is -1.86. The summed E-state index contributed by atoms with van der Waals surface area (Å²) in [7, 11) is 0. The molecule has 1 fully saturated rings. The number of furan rings is 1. The summed E-state index contributed by atoms with van der Waals surface area (Å²) in [6, 6.07) is 9.22. The molecule has 1 saturated heterocycles. The van der Waals surface area contributed by atoms with E-state index in [2.05, 4.69) is 9.88 Å². The van der Waals surface area contributed by atoms with E-state index in [0.29, 0.717) is 16.5 Å². The maximum absolute atomic E-state index is 12.7. The number of thiazole rings is 1. The van der Waals surface area contributed by atoms with E-state index in [9.17, 15) is 4.79 Å². The number of halogens is 2. The zero-order valence-corrected chi connectivity index (χ0v) is 17.4. The Morgan fingerprint density at radius 1 is 1.18 bits per heavy atom. The Bertz CT molecular complexity index is 950. The number of aromatic nitrogens is 1. The van der Waals surface area contributed by atoms with Crippen molar-refractivity contribution in [2.45, 2.75) is 13.0 Å². The monoisotopic (exact) mass is 435 g/mol. The molecule has 0 spiro atoms. The molecule has 0 N–H and O–H groups in total. The van der Waals surface area contributed by atoms with Crippen molar-refractivity contribution in [1.82, 2.24) is 14.8 Å². The first kappa shape index (κ1) is 19.5. The molecule has 146 valence electrons. The SMILES string of the molecule is O=C(Cc1csc(-c2ccc(Cl)cc2Cl)n1)N1CCN(Cc2ccco2)CC1. The highest BCUT2D eigenvalue weighted by Gasteiger charge is 2.22. The fourth-order valence-electron chi connectivity index (χ4n) is 3.22. The van der Waals surface area contributed by atoms with Crippen LogP contribution >= 0.6 is 34.5 Å². The van der Waals surface area contributed by atoms with Crippen molar-refractivity contribution in [2.24, 2.45) is 0 Å². The summed E-state index contributed by atoms with van der Waals surface area (Å²) >= 11 is 13.7. The molecule has 3 aromatic rings. The summed E-state index contributed by atoms with van der Waals surface area (Å²) in [4.78, 5) is 21.5. The molecule has 3 heterocycles. The highest BCUT2D eigenvalue weighted by atomic mass is 35.5. The van der Waals surface area contributed by atoms with Crippen LogP contribution in [0.3, 0.4) is 0 Å². The molecule has 4 rings (SSSR count). The lowest BCUT2D eigenvalue weighted by molar-refractivity contribution is -0.132. The fraction of sp³-hybridized carbons (Fsp3) is 0.300. The van der Waals surface area contributed by atoms with Gasteiger partial charge in [-0.2, -0.15) is 0 Å². The molecule has 0 saturated carbocycles. The van der Waals surface area contributed by atoms with Crippen molar-refractivity contribution < 1.29 is 9.21 Å². The van der Waals surface area contributed by atoms with Gasteiger partial charge in [-0.15, -0.1) is 11.3 Å². The molecule has 1 aliphatic heterocycles. The van der Waals surface area contributed by atoms with Gasteiger partial charge in [-0.05, 0) is 30.3 Å². The average Bonchev–Trinajstić information content (AvgIpc) is 3.34. The molecular formula is C20H19Cl2N3O2S. The number of rotatable bonds is 5. The Morgan fingerprint density at radius 2 is 2.00 bits per heavy atom. The number of nitrogens with zero attached hydrogens (tertiary/aromatic N) is 3. The maximum Gasteiger partial charge on any atom is 0.228 e. The van der Waals surface area contributed by atoms with Crippen LogP contribution in [-0.4, -0.2) is 46.9 Å². The predicted octanol–water partition coefficient (Wildman–Crippen LogP) is 4.60. The highest BCUT2D eigenvalue weighted by Crippen LogP contribution is 2.32. The van der Waals surface area contributed by atoms with E-state index in [4.69, 9.17) is 27.6 Å². The quantitative estimate of drug-likeness (QED) is 0.587. The molecule has 1 amide bonds. The summed E-state index contributed by atoms with van der Waals surface area (Å²) in [5.41, 5.74) is 1.61. The van der Waals surface area contributed by atoms with Crippen LogP contribution < -0.4 is 0 Å². The number of piperazine rings is 1. The second-order valence-electron chi connectivity index (χ2n) is 6.68. The zero-order valence-electron chi connectivity index (χ0n) is 15.1. The molecule has 2 aromatic heterocycles. The summed E-state index contributed by atoms with van der Waals surface area (Å²) in [6.07, 6.45) is 1.99. The normalized spacial score (nSPS) is 15.1. The summed E-state index contributed by atoms with van der Waals surface area (Å²) in [5.74, 6) is 1.06. The molecule has 5 nitrogen and oxygen atoms in total. The molecule has 28 heavy (non-hydrogen) atoms. The largest absolute Gasteiger partial charge is 0.468 e. The lowest BCUT2D eigenvalue weighted by Gasteiger charge is -2.34. The van der Waals surface area contributed by atoms with Crippen molar-refractivity contribution in [1.29, 1.82) is 0 Å². The average molecular weight is 436 g/mol. The summed E-state index contributed by atoms with van der Waals surface area (Å²) < 4.78 is 5.40. The fourth-order valence-corrected chi connectivity index (χ4v) is 4.63. The third-order valence-corrected chi connectivity index (χ3v) is 6.20. The molecule has 8 heteroatoms. The lowest BCUT2D eigenvalue weighted by Crippen LogP contribution is -2.48. The Labute approximate surface area is 177 Å². The van der Waals surface area contributed by atoms with Crippen molar-refractivity contribution >= 4 is 40.4 Å². The Morgan fingerprint density at radius 3 is 2.71 bits per heavy atom. The van der Waals surface area contributed by atoms with Gasteiger partial charge in [0.2, 0.25) is 5.91 Å². The van der Waals surface area contributed by atoms with E-state index < -0.39 is 0 Å².